The number of rotatable bonds is 1. The topological polar surface area (TPSA) is 57.8 Å². The van der Waals surface area contributed by atoms with E-state index in [1.54, 1.807) is 0 Å². The summed E-state index contributed by atoms with van der Waals surface area (Å²) in [5, 5.41) is 9.91. The molecule has 0 aliphatic carbocycles. The Morgan fingerprint density at radius 2 is 2.17 bits per heavy atom. The van der Waals surface area contributed by atoms with Gasteiger partial charge >= 0.3 is 0 Å². The Balaban J connectivity index is 2.12. The van der Waals surface area contributed by atoms with Gasteiger partial charge in [0.2, 0.25) is 5.91 Å². The van der Waals surface area contributed by atoms with E-state index in [2.05, 4.69) is 40.6 Å². The first kappa shape index (κ1) is 11.0. The van der Waals surface area contributed by atoms with E-state index < -0.39 is 0 Å². The van der Waals surface area contributed by atoms with Crippen molar-refractivity contribution in [1.29, 1.82) is 0 Å². The molecule has 18 heavy (non-hydrogen) atoms. The van der Waals surface area contributed by atoms with Crippen LogP contribution in [-0.4, -0.2) is 16.1 Å². The van der Waals surface area contributed by atoms with Crippen molar-refractivity contribution in [3.63, 3.8) is 0 Å². The minimum Gasteiger partial charge on any atom is -0.309 e. The van der Waals surface area contributed by atoms with Crippen molar-refractivity contribution >= 4 is 11.7 Å². The summed E-state index contributed by atoms with van der Waals surface area (Å²) >= 11 is 0. The third kappa shape index (κ3) is 1.70. The molecule has 3 rings (SSSR count). The lowest BCUT2D eigenvalue weighted by molar-refractivity contribution is -0.116. The Kier molecular flexibility index (Phi) is 2.44. The van der Waals surface area contributed by atoms with Crippen LogP contribution < -0.4 is 5.32 Å². The first-order valence-corrected chi connectivity index (χ1v) is 6.06. The Bertz CT molecular complexity index is 615. The molecule has 2 aromatic rings. The zero-order valence-electron chi connectivity index (χ0n) is 10.4. The number of fused-ring (bicyclic) bond motifs is 1. The number of aromatic amines is 1. The van der Waals surface area contributed by atoms with Crippen LogP contribution in [0.15, 0.2) is 24.3 Å². The van der Waals surface area contributed by atoms with Crippen molar-refractivity contribution in [2.24, 2.45) is 0 Å². The molecule has 0 fully saturated rings. The SMILES string of the molecule is Cc1cccc(C2CC(=O)Nc3n[nH]c(C)c32)c1. The number of carbonyl (C=O) groups is 1. The van der Waals surface area contributed by atoms with Crippen LogP contribution in [0.2, 0.25) is 0 Å². The smallest absolute Gasteiger partial charge is 0.226 e. The number of nitrogens with zero attached hydrogens (tertiary/aromatic N) is 1. The second-order valence-corrected chi connectivity index (χ2v) is 4.83. The van der Waals surface area contributed by atoms with Gasteiger partial charge in [0.15, 0.2) is 5.82 Å². The highest BCUT2D eigenvalue weighted by Crippen LogP contribution is 2.37. The quantitative estimate of drug-likeness (QED) is 0.806. The largest absolute Gasteiger partial charge is 0.309 e. The molecule has 4 nitrogen and oxygen atoms in total. The molecule has 1 unspecified atom stereocenters. The molecule has 2 N–H and O–H groups in total. The van der Waals surface area contributed by atoms with Crippen molar-refractivity contribution in [2.75, 3.05) is 5.32 Å². The number of anilines is 1. The van der Waals surface area contributed by atoms with Gasteiger partial charge in [-0.3, -0.25) is 9.89 Å². The van der Waals surface area contributed by atoms with Gasteiger partial charge < -0.3 is 5.32 Å². The summed E-state index contributed by atoms with van der Waals surface area (Å²) in [5.74, 6) is 0.808. The summed E-state index contributed by atoms with van der Waals surface area (Å²) in [6, 6.07) is 8.31. The molecule has 4 heteroatoms. The van der Waals surface area contributed by atoms with Crippen LogP contribution in [-0.2, 0) is 4.79 Å². The lowest BCUT2D eigenvalue weighted by Crippen LogP contribution is -2.23. The molecule has 1 aliphatic rings. The van der Waals surface area contributed by atoms with Crippen LogP contribution >= 0.6 is 0 Å². The molecule has 1 aliphatic heterocycles. The third-order valence-corrected chi connectivity index (χ3v) is 3.43. The number of benzene rings is 1. The number of hydrogen-bond donors (Lipinski definition) is 2. The first-order valence-electron chi connectivity index (χ1n) is 6.06. The Morgan fingerprint density at radius 3 is 2.94 bits per heavy atom. The standard InChI is InChI=1S/C14H15N3O/c1-8-4-3-5-10(6-8)11-7-12(18)15-14-13(11)9(2)16-17-14/h3-6,11H,7H2,1-2H3,(H2,15,16,17,18). The van der Waals surface area contributed by atoms with Crippen molar-refractivity contribution in [3.8, 4) is 0 Å². The van der Waals surface area contributed by atoms with Crippen LogP contribution in [0.3, 0.4) is 0 Å². The third-order valence-electron chi connectivity index (χ3n) is 3.43. The van der Waals surface area contributed by atoms with Crippen LogP contribution in [0.5, 0.6) is 0 Å². The highest BCUT2D eigenvalue weighted by Gasteiger charge is 2.30. The predicted molar refractivity (Wildman–Crippen MR) is 69.6 cm³/mol. The average Bonchev–Trinajstić information content (AvgIpc) is 2.70. The number of nitrogens with one attached hydrogen (secondary N) is 2. The van der Waals surface area contributed by atoms with Gasteiger partial charge in [-0.1, -0.05) is 29.8 Å². The maximum atomic E-state index is 11.7. The summed E-state index contributed by atoms with van der Waals surface area (Å²) in [6.07, 6.45) is 0.483. The fourth-order valence-corrected chi connectivity index (χ4v) is 2.60. The lowest BCUT2D eigenvalue weighted by Gasteiger charge is -2.23. The van der Waals surface area contributed by atoms with Crippen LogP contribution in [0.1, 0.15) is 34.7 Å². The first-order chi connectivity index (χ1) is 8.65. The Hall–Kier alpha value is -2.10. The maximum Gasteiger partial charge on any atom is 0.226 e. The number of aromatic nitrogens is 2. The molecular weight excluding hydrogens is 226 g/mol. The van der Waals surface area contributed by atoms with E-state index in [4.69, 9.17) is 0 Å². The van der Waals surface area contributed by atoms with Crippen LogP contribution in [0.4, 0.5) is 5.82 Å². The number of carbonyl (C=O) groups excluding carboxylic acids is 1. The fraction of sp³-hybridized carbons (Fsp3) is 0.286. The van der Waals surface area contributed by atoms with Gasteiger partial charge in [-0.25, -0.2) is 0 Å². The van der Waals surface area contributed by atoms with Crippen LogP contribution in [0, 0.1) is 13.8 Å². The van der Waals surface area contributed by atoms with Gasteiger partial charge in [0.05, 0.1) is 0 Å². The molecule has 0 saturated heterocycles. The van der Waals surface area contributed by atoms with E-state index in [9.17, 15) is 4.79 Å². The van der Waals surface area contributed by atoms with Gasteiger partial charge in [0, 0.05) is 23.6 Å². The summed E-state index contributed by atoms with van der Waals surface area (Å²) in [5.41, 5.74) is 4.52. The van der Waals surface area contributed by atoms with Crippen molar-refractivity contribution < 1.29 is 4.79 Å². The number of amides is 1. The molecule has 2 heterocycles. The Morgan fingerprint density at radius 1 is 1.33 bits per heavy atom. The number of aryl methyl sites for hydroxylation is 2. The molecule has 1 atom stereocenters. The summed E-state index contributed by atoms with van der Waals surface area (Å²) in [7, 11) is 0. The van der Waals surface area contributed by atoms with Gasteiger partial charge in [0.1, 0.15) is 0 Å². The number of H-pyrrole nitrogens is 1. The normalized spacial score (nSPS) is 18.3. The van der Waals surface area contributed by atoms with Gasteiger partial charge in [-0.05, 0) is 19.4 Å². The molecule has 1 amide bonds. The van der Waals surface area contributed by atoms with E-state index in [-0.39, 0.29) is 11.8 Å². The summed E-state index contributed by atoms with van der Waals surface area (Å²) in [4.78, 5) is 11.7. The van der Waals surface area contributed by atoms with Crippen molar-refractivity contribution in [2.45, 2.75) is 26.2 Å². The van der Waals surface area contributed by atoms with Crippen LogP contribution in [0.25, 0.3) is 0 Å². The molecule has 1 aromatic carbocycles. The van der Waals surface area contributed by atoms with Gasteiger partial charge in [-0.15, -0.1) is 0 Å². The fourth-order valence-electron chi connectivity index (χ4n) is 2.60. The molecule has 92 valence electrons. The highest BCUT2D eigenvalue weighted by molar-refractivity contribution is 5.94. The maximum absolute atomic E-state index is 11.7. The minimum absolute atomic E-state index is 0.0282. The molecule has 0 bridgehead atoms. The second kappa shape index (κ2) is 3.98. The monoisotopic (exact) mass is 241 g/mol. The Labute approximate surface area is 105 Å². The molecule has 0 radical (unpaired) electrons. The second-order valence-electron chi connectivity index (χ2n) is 4.83. The average molecular weight is 241 g/mol. The van der Waals surface area contributed by atoms with Gasteiger partial charge in [-0.2, -0.15) is 5.10 Å². The number of hydrogen-bond acceptors (Lipinski definition) is 2. The predicted octanol–water partition coefficient (Wildman–Crippen LogP) is 2.50. The zero-order chi connectivity index (χ0) is 12.7. The molecule has 0 saturated carbocycles. The summed E-state index contributed by atoms with van der Waals surface area (Å²) < 4.78 is 0. The van der Waals surface area contributed by atoms with E-state index in [0.717, 1.165) is 11.3 Å². The minimum atomic E-state index is 0.0282. The highest BCUT2D eigenvalue weighted by atomic mass is 16.1. The van der Waals surface area contributed by atoms with Crippen molar-refractivity contribution in [1.82, 2.24) is 10.2 Å². The van der Waals surface area contributed by atoms with Gasteiger partial charge in [0.25, 0.3) is 0 Å². The molecule has 0 spiro atoms. The van der Waals surface area contributed by atoms with E-state index >= 15 is 0 Å². The molecule has 1 aromatic heterocycles. The molecular formula is C14H15N3O. The van der Waals surface area contributed by atoms with Crippen molar-refractivity contribution in [3.05, 3.63) is 46.6 Å². The zero-order valence-corrected chi connectivity index (χ0v) is 10.4. The van der Waals surface area contributed by atoms with E-state index in [1.165, 1.54) is 11.1 Å². The van der Waals surface area contributed by atoms with E-state index in [0.29, 0.717) is 12.2 Å². The summed E-state index contributed by atoms with van der Waals surface area (Å²) in [6.45, 7) is 4.06. The lowest BCUT2D eigenvalue weighted by atomic mass is 9.85. The van der Waals surface area contributed by atoms with E-state index in [1.807, 2.05) is 13.0 Å².